The van der Waals surface area contributed by atoms with Gasteiger partial charge in [-0.1, -0.05) is 18.2 Å². The number of ether oxygens (including phenoxy) is 2. The van der Waals surface area contributed by atoms with Crippen LogP contribution in [0.25, 0.3) is 0 Å². The van der Waals surface area contributed by atoms with E-state index in [0.29, 0.717) is 19.8 Å². The third-order valence-electron chi connectivity index (χ3n) is 6.86. The monoisotopic (exact) mass is 435 g/mol. The summed E-state index contributed by atoms with van der Waals surface area (Å²) in [6.07, 6.45) is 3.10. The van der Waals surface area contributed by atoms with Gasteiger partial charge in [0.25, 0.3) is 0 Å². The fourth-order valence-electron chi connectivity index (χ4n) is 5.09. The van der Waals surface area contributed by atoms with Crippen LogP contribution in [-0.2, 0) is 4.79 Å². The van der Waals surface area contributed by atoms with E-state index < -0.39 is 0 Å². The summed E-state index contributed by atoms with van der Waals surface area (Å²) in [7, 11) is 0. The number of hydrogen-bond acceptors (Lipinski definition) is 5. The lowest BCUT2D eigenvalue weighted by Gasteiger charge is -2.37. The van der Waals surface area contributed by atoms with Gasteiger partial charge in [0.2, 0.25) is 5.91 Å². The zero-order chi connectivity index (χ0) is 21.9. The molecule has 1 amide bonds. The molecule has 6 nitrogen and oxygen atoms in total. The quantitative estimate of drug-likeness (QED) is 0.734. The summed E-state index contributed by atoms with van der Waals surface area (Å²) in [5, 5.41) is 0. The molecule has 0 radical (unpaired) electrons. The molecule has 2 aromatic carbocycles. The summed E-state index contributed by atoms with van der Waals surface area (Å²) in [5.41, 5.74) is 3.76. The van der Waals surface area contributed by atoms with Gasteiger partial charge in [-0.3, -0.25) is 9.69 Å². The molecule has 0 aromatic heterocycles. The molecular weight excluding hydrogens is 402 g/mol. The minimum Gasteiger partial charge on any atom is -0.490 e. The molecule has 2 saturated heterocycles. The molecule has 0 saturated carbocycles. The Morgan fingerprint density at radius 1 is 0.938 bits per heavy atom. The van der Waals surface area contributed by atoms with E-state index in [9.17, 15) is 4.79 Å². The molecule has 3 aliphatic rings. The van der Waals surface area contributed by atoms with Gasteiger partial charge >= 0.3 is 0 Å². The van der Waals surface area contributed by atoms with Crippen molar-refractivity contribution in [1.29, 1.82) is 0 Å². The second kappa shape index (κ2) is 9.41. The SMILES string of the molecule is Cc1cccc(N2CCN(C(=O)CN3CCCC3c3ccc4c(c3)OCCCO4)CC2)c1. The number of piperazine rings is 1. The van der Waals surface area contributed by atoms with Gasteiger partial charge in [-0.15, -0.1) is 0 Å². The lowest BCUT2D eigenvalue weighted by molar-refractivity contribution is -0.133. The van der Waals surface area contributed by atoms with Crippen molar-refractivity contribution in [2.75, 3.05) is 57.4 Å². The normalized spacial score (nSPS) is 21.5. The van der Waals surface area contributed by atoms with Gasteiger partial charge in [-0.25, -0.2) is 0 Å². The fourth-order valence-corrected chi connectivity index (χ4v) is 5.09. The van der Waals surface area contributed by atoms with Gasteiger partial charge in [0.15, 0.2) is 11.5 Å². The average Bonchev–Trinajstić information content (AvgIpc) is 3.14. The second-order valence-electron chi connectivity index (χ2n) is 9.09. The number of fused-ring (bicyclic) bond motifs is 1. The third-order valence-corrected chi connectivity index (χ3v) is 6.86. The largest absolute Gasteiger partial charge is 0.490 e. The third kappa shape index (κ3) is 4.56. The standard InChI is InChI=1S/C26H33N3O3/c1-20-5-2-6-22(17-20)27-11-13-28(14-12-27)26(30)19-29-10-3-7-23(29)21-8-9-24-25(18-21)32-16-4-15-31-24/h2,5-6,8-9,17-18,23H,3-4,7,10-16,19H2,1H3. The van der Waals surface area contributed by atoms with Gasteiger partial charge in [0.1, 0.15) is 0 Å². The Kier molecular flexibility index (Phi) is 6.21. The highest BCUT2D eigenvalue weighted by molar-refractivity contribution is 5.78. The maximum absolute atomic E-state index is 13.1. The number of aryl methyl sites for hydroxylation is 1. The zero-order valence-corrected chi connectivity index (χ0v) is 19.0. The second-order valence-corrected chi connectivity index (χ2v) is 9.09. The Morgan fingerprint density at radius 3 is 2.56 bits per heavy atom. The molecule has 3 aliphatic heterocycles. The number of anilines is 1. The first-order chi connectivity index (χ1) is 15.7. The Labute approximate surface area is 190 Å². The predicted octanol–water partition coefficient (Wildman–Crippen LogP) is 3.64. The topological polar surface area (TPSA) is 45.2 Å². The van der Waals surface area contributed by atoms with Crippen LogP contribution in [0.1, 0.15) is 36.4 Å². The summed E-state index contributed by atoms with van der Waals surface area (Å²) in [6, 6.07) is 15.2. The molecule has 5 rings (SSSR count). The number of carbonyl (C=O) groups is 1. The van der Waals surface area contributed by atoms with E-state index in [1.165, 1.54) is 16.8 Å². The highest BCUT2D eigenvalue weighted by Gasteiger charge is 2.31. The Balaban J connectivity index is 1.20. The predicted molar refractivity (Wildman–Crippen MR) is 126 cm³/mol. The van der Waals surface area contributed by atoms with Crippen LogP contribution >= 0.6 is 0 Å². The van der Waals surface area contributed by atoms with Crippen molar-refractivity contribution in [2.45, 2.75) is 32.2 Å². The molecule has 0 N–H and O–H groups in total. The highest BCUT2D eigenvalue weighted by atomic mass is 16.5. The first-order valence-corrected chi connectivity index (χ1v) is 11.9. The lowest BCUT2D eigenvalue weighted by Crippen LogP contribution is -2.51. The molecule has 3 heterocycles. The minimum atomic E-state index is 0.245. The summed E-state index contributed by atoms with van der Waals surface area (Å²) in [4.78, 5) is 19.9. The number of amides is 1. The van der Waals surface area contributed by atoms with Crippen molar-refractivity contribution < 1.29 is 14.3 Å². The van der Waals surface area contributed by atoms with E-state index in [2.05, 4.69) is 53.1 Å². The smallest absolute Gasteiger partial charge is 0.236 e. The van der Waals surface area contributed by atoms with Gasteiger partial charge in [-0.05, 0) is 61.7 Å². The van der Waals surface area contributed by atoms with Crippen molar-refractivity contribution >= 4 is 11.6 Å². The molecule has 0 bridgehead atoms. The number of hydrogen-bond donors (Lipinski definition) is 0. The van der Waals surface area contributed by atoms with Crippen molar-refractivity contribution in [3.63, 3.8) is 0 Å². The van der Waals surface area contributed by atoms with Crippen LogP contribution in [-0.4, -0.2) is 68.2 Å². The van der Waals surface area contributed by atoms with Crippen LogP contribution < -0.4 is 14.4 Å². The van der Waals surface area contributed by atoms with Crippen LogP contribution in [0.5, 0.6) is 11.5 Å². The Bertz CT molecular complexity index is 955. The van der Waals surface area contributed by atoms with Crippen molar-refractivity contribution in [3.05, 3.63) is 53.6 Å². The van der Waals surface area contributed by atoms with E-state index in [1.807, 2.05) is 11.0 Å². The van der Waals surface area contributed by atoms with Crippen molar-refractivity contribution in [1.82, 2.24) is 9.80 Å². The number of rotatable bonds is 4. The maximum atomic E-state index is 13.1. The molecule has 6 heteroatoms. The summed E-state index contributed by atoms with van der Waals surface area (Å²) < 4.78 is 11.7. The number of benzene rings is 2. The molecule has 170 valence electrons. The maximum Gasteiger partial charge on any atom is 0.236 e. The van der Waals surface area contributed by atoms with Gasteiger partial charge in [0.05, 0.1) is 19.8 Å². The van der Waals surface area contributed by atoms with Crippen LogP contribution in [0.3, 0.4) is 0 Å². The molecule has 2 fully saturated rings. The average molecular weight is 436 g/mol. The van der Waals surface area contributed by atoms with Gasteiger partial charge in [0, 0.05) is 44.3 Å². The molecule has 1 atom stereocenters. The summed E-state index contributed by atoms with van der Waals surface area (Å²) >= 11 is 0. The van der Waals surface area contributed by atoms with Crippen molar-refractivity contribution in [3.8, 4) is 11.5 Å². The first kappa shape index (κ1) is 21.1. The van der Waals surface area contributed by atoms with Gasteiger partial charge < -0.3 is 19.3 Å². The molecule has 2 aromatic rings. The van der Waals surface area contributed by atoms with Crippen LogP contribution in [0, 0.1) is 6.92 Å². The van der Waals surface area contributed by atoms with E-state index in [1.54, 1.807) is 0 Å². The highest BCUT2D eigenvalue weighted by Crippen LogP contribution is 2.37. The molecule has 32 heavy (non-hydrogen) atoms. The minimum absolute atomic E-state index is 0.245. The molecule has 0 aliphatic carbocycles. The first-order valence-electron chi connectivity index (χ1n) is 11.9. The zero-order valence-electron chi connectivity index (χ0n) is 19.0. The Morgan fingerprint density at radius 2 is 1.75 bits per heavy atom. The summed E-state index contributed by atoms with van der Waals surface area (Å²) in [6.45, 7) is 8.33. The molecule has 1 unspecified atom stereocenters. The van der Waals surface area contributed by atoms with Crippen LogP contribution in [0.2, 0.25) is 0 Å². The number of likely N-dealkylation sites (tertiary alicyclic amines) is 1. The lowest BCUT2D eigenvalue weighted by atomic mass is 10.0. The van der Waals surface area contributed by atoms with E-state index >= 15 is 0 Å². The van der Waals surface area contributed by atoms with Crippen LogP contribution in [0.4, 0.5) is 5.69 Å². The molecular formula is C26H33N3O3. The Hall–Kier alpha value is -2.73. The van der Waals surface area contributed by atoms with Gasteiger partial charge in [-0.2, -0.15) is 0 Å². The number of carbonyl (C=O) groups excluding carboxylic acids is 1. The van der Waals surface area contributed by atoms with Crippen LogP contribution in [0.15, 0.2) is 42.5 Å². The fraction of sp³-hybridized carbons (Fsp3) is 0.500. The van der Waals surface area contributed by atoms with E-state index in [4.69, 9.17) is 9.47 Å². The molecule has 0 spiro atoms. The van der Waals surface area contributed by atoms with E-state index in [-0.39, 0.29) is 11.9 Å². The van der Waals surface area contributed by atoms with Crippen molar-refractivity contribution in [2.24, 2.45) is 0 Å². The number of nitrogens with zero attached hydrogens (tertiary/aromatic N) is 3. The van der Waals surface area contributed by atoms with E-state index in [0.717, 1.165) is 63.5 Å². The summed E-state index contributed by atoms with van der Waals surface area (Å²) in [5.74, 6) is 1.92.